The van der Waals surface area contributed by atoms with Crippen LogP contribution in [0.1, 0.15) is 60.3 Å². The first kappa shape index (κ1) is 19.7. The molecule has 0 spiro atoms. The first-order valence-corrected chi connectivity index (χ1v) is 11.7. The molecule has 1 aliphatic carbocycles. The molecule has 3 aromatic carbocycles. The molecule has 1 saturated carbocycles. The Morgan fingerprint density at radius 3 is 1.97 bits per heavy atom. The summed E-state index contributed by atoms with van der Waals surface area (Å²) in [5.41, 5.74) is 6.33. The lowest BCUT2D eigenvalue weighted by molar-refractivity contribution is 0.442. The molecule has 0 N–H and O–H groups in total. The van der Waals surface area contributed by atoms with E-state index in [9.17, 15) is 10.5 Å². The van der Waals surface area contributed by atoms with E-state index in [4.69, 9.17) is 0 Å². The SMILES string of the molecule is Cc1cc(N2c3ccccc3Sc3ccccc32)c(C#N)c(C2CCCCC2)c1C#N. The highest BCUT2D eigenvalue weighted by Crippen LogP contribution is 2.53. The first-order chi connectivity index (χ1) is 15.2. The maximum Gasteiger partial charge on any atom is 0.102 e. The van der Waals surface area contributed by atoms with Gasteiger partial charge in [-0.3, -0.25) is 0 Å². The molecular weight excluding hydrogens is 398 g/mol. The van der Waals surface area contributed by atoms with Gasteiger partial charge in [-0.25, -0.2) is 0 Å². The zero-order chi connectivity index (χ0) is 21.4. The van der Waals surface area contributed by atoms with Gasteiger partial charge < -0.3 is 4.90 Å². The Bertz CT molecular complexity index is 1200. The molecule has 1 aliphatic heterocycles. The quantitative estimate of drug-likeness (QED) is 0.332. The predicted octanol–water partition coefficient (Wildman–Crippen LogP) is 7.72. The Morgan fingerprint density at radius 1 is 0.806 bits per heavy atom. The fourth-order valence-electron chi connectivity index (χ4n) is 5.03. The Morgan fingerprint density at radius 2 is 1.39 bits per heavy atom. The fourth-order valence-corrected chi connectivity index (χ4v) is 6.09. The molecule has 4 heteroatoms. The third-order valence-corrected chi connectivity index (χ3v) is 7.58. The maximum absolute atomic E-state index is 10.4. The summed E-state index contributed by atoms with van der Waals surface area (Å²) < 4.78 is 0. The van der Waals surface area contributed by atoms with Crippen LogP contribution in [0, 0.1) is 29.6 Å². The van der Waals surface area contributed by atoms with Crippen molar-refractivity contribution in [3.8, 4) is 12.1 Å². The topological polar surface area (TPSA) is 50.8 Å². The van der Waals surface area contributed by atoms with Crippen LogP contribution in [0.4, 0.5) is 17.1 Å². The average Bonchev–Trinajstić information content (AvgIpc) is 2.82. The van der Waals surface area contributed by atoms with Crippen LogP contribution in [0.5, 0.6) is 0 Å². The molecule has 0 amide bonds. The smallest absolute Gasteiger partial charge is 0.102 e. The highest BCUT2D eigenvalue weighted by Gasteiger charge is 2.31. The molecular formula is C27H23N3S. The van der Waals surface area contributed by atoms with Gasteiger partial charge in [0.05, 0.1) is 34.3 Å². The lowest BCUT2D eigenvalue weighted by Gasteiger charge is -2.35. The normalized spacial score (nSPS) is 15.5. The van der Waals surface area contributed by atoms with Gasteiger partial charge in [0.1, 0.15) is 6.07 Å². The van der Waals surface area contributed by atoms with E-state index in [0.29, 0.717) is 11.1 Å². The molecule has 31 heavy (non-hydrogen) atoms. The number of rotatable bonds is 2. The second-order valence-corrected chi connectivity index (χ2v) is 9.39. The van der Waals surface area contributed by atoms with Crippen LogP contribution in [-0.4, -0.2) is 0 Å². The second kappa shape index (κ2) is 8.14. The van der Waals surface area contributed by atoms with Crippen molar-refractivity contribution in [3.63, 3.8) is 0 Å². The zero-order valence-corrected chi connectivity index (χ0v) is 18.4. The molecule has 1 fully saturated rings. The predicted molar refractivity (Wildman–Crippen MR) is 125 cm³/mol. The van der Waals surface area contributed by atoms with Crippen LogP contribution in [0.15, 0.2) is 64.4 Å². The highest BCUT2D eigenvalue weighted by atomic mass is 32.2. The van der Waals surface area contributed by atoms with E-state index in [1.165, 1.54) is 16.2 Å². The maximum atomic E-state index is 10.4. The number of fused-ring (bicyclic) bond motifs is 2. The number of hydrogen-bond donors (Lipinski definition) is 0. The fraction of sp³-hybridized carbons (Fsp3) is 0.259. The van der Waals surface area contributed by atoms with Crippen LogP contribution >= 0.6 is 11.8 Å². The van der Waals surface area contributed by atoms with Gasteiger partial charge >= 0.3 is 0 Å². The molecule has 5 rings (SSSR count). The Hall–Kier alpha value is -3.21. The van der Waals surface area contributed by atoms with Gasteiger partial charge in [-0.2, -0.15) is 10.5 Å². The summed E-state index contributed by atoms with van der Waals surface area (Å²) in [6, 6.07) is 23.7. The largest absolute Gasteiger partial charge is 0.307 e. The van der Waals surface area contributed by atoms with E-state index in [0.717, 1.165) is 53.9 Å². The molecule has 0 saturated heterocycles. The Kier molecular flexibility index (Phi) is 5.18. The van der Waals surface area contributed by atoms with E-state index in [1.54, 1.807) is 11.8 Å². The van der Waals surface area contributed by atoms with Crippen LogP contribution in [0.2, 0.25) is 0 Å². The molecule has 3 nitrogen and oxygen atoms in total. The van der Waals surface area contributed by atoms with Crippen LogP contribution in [0.25, 0.3) is 0 Å². The van der Waals surface area contributed by atoms with E-state index >= 15 is 0 Å². The van der Waals surface area contributed by atoms with Crippen molar-refractivity contribution in [2.45, 2.75) is 54.7 Å². The molecule has 1 heterocycles. The van der Waals surface area contributed by atoms with Gasteiger partial charge in [-0.15, -0.1) is 0 Å². The van der Waals surface area contributed by atoms with Crippen molar-refractivity contribution in [3.05, 3.63) is 76.9 Å². The minimum absolute atomic E-state index is 0.279. The number of benzene rings is 3. The van der Waals surface area contributed by atoms with Gasteiger partial charge in [-0.05, 0) is 67.1 Å². The third kappa shape index (κ3) is 3.29. The Balaban J connectivity index is 1.80. The van der Waals surface area contributed by atoms with E-state index < -0.39 is 0 Å². The first-order valence-electron chi connectivity index (χ1n) is 10.9. The van der Waals surface area contributed by atoms with Gasteiger partial charge in [-0.1, -0.05) is 55.3 Å². The minimum Gasteiger partial charge on any atom is -0.307 e. The highest BCUT2D eigenvalue weighted by molar-refractivity contribution is 7.99. The molecule has 0 bridgehead atoms. The van der Waals surface area contributed by atoms with Crippen LogP contribution in [0.3, 0.4) is 0 Å². The van der Waals surface area contributed by atoms with E-state index in [1.807, 2.05) is 25.1 Å². The zero-order valence-electron chi connectivity index (χ0n) is 17.6. The summed E-state index contributed by atoms with van der Waals surface area (Å²) in [7, 11) is 0. The van der Waals surface area contributed by atoms with Crippen molar-refractivity contribution in [2.75, 3.05) is 4.90 Å². The summed E-state index contributed by atoms with van der Waals surface area (Å²) >= 11 is 1.76. The van der Waals surface area contributed by atoms with E-state index in [2.05, 4.69) is 53.4 Å². The molecule has 2 aliphatic rings. The number of nitriles is 2. The van der Waals surface area contributed by atoms with Crippen molar-refractivity contribution in [2.24, 2.45) is 0 Å². The summed E-state index contributed by atoms with van der Waals surface area (Å²) in [4.78, 5) is 4.57. The lowest BCUT2D eigenvalue weighted by atomic mass is 9.78. The summed E-state index contributed by atoms with van der Waals surface area (Å²) in [6.07, 6.45) is 5.67. The van der Waals surface area contributed by atoms with Crippen LogP contribution in [-0.2, 0) is 0 Å². The molecule has 0 radical (unpaired) electrons. The van der Waals surface area contributed by atoms with E-state index in [-0.39, 0.29) is 5.92 Å². The second-order valence-electron chi connectivity index (χ2n) is 8.31. The third-order valence-electron chi connectivity index (χ3n) is 6.45. The van der Waals surface area contributed by atoms with Gasteiger partial charge in [0.15, 0.2) is 0 Å². The number of anilines is 3. The van der Waals surface area contributed by atoms with Gasteiger partial charge in [0.25, 0.3) is 0 Å². The molecule has 0 unspecified atom stereocenters. The lowest BCUT2D eigenvalue weighted by Crippen LogP contribution is -2.19. The number of para-hydroxylation sites is 2. The van der Waals surface area contributed by atoms with Crippen molar-refractivity contribution in [1.82, 2.24) is 0 Å². The average molecular weight is 422 g/mol. The van der Waals surface area contributed by atoms with Crippen molar-refractivity contribution >= 4 is 28.8 Å². The van der Waals surface area contributed by atoms with Gasteiger partial charge in [0, 0.05) is 9.79 Å². The minimum atomic E-state index is 0.279. The Labute approximate surface area is 187 Å². The monoisotopic (exact) mass is 421 g/mol. The summed E-state index contributed by atoms with van der Waals surface area (Å²) in [5.74, 6) is 0.279. The molecule has 0 atom stereocenters. The summed E-state index contributed by atoms with van der Waals surface area (Å²) in [5, 5.41) is 20.4. The standard InChI is InChI=1S/C27H23N3S/c1-18-15-24(21(17-29)27(20(18)16-28)19-9-3-2-4-10-19)30-22-11-5-7-13-25(22)31-26-14-8-6-12-23(26)30/h5-8,11-15,19H,2-4,9-10H2,1H3. The number of hydrogen-bond acceptors (Lipinski definition) is 4. The number of aryl methyl sites for hydroxylation is 1. The molecule has 152 valence electrons. The van der Waals surface area contributed by atoms with Crippen molar-refractivity contribution < 1.29 is 0 Å². The molecule has 3 aromatic rings. The number of nitrogens with zero attached hydrogens (tertiary/aromatic N) is 3. The van der Waals surface area contributed by atoms with Gasteiger partial charge in [0.2, 0.25) is 0 Å². The molecule has 0 aromatic heterocycles. The van der Waals surface area contributed by atoms with Crippen molar-refractivity contribution in [1.29, 1.82) is 10.5 Å². The summed E-state index contributed by atoms with van der Waals surface area (Å²) in [6.45, 7) is 2.01. The van der Waals surface area contributed by atoms with Crippen LogP contribution < -0.4 is 4.90 Å².